The molecule has 1 aliphatic rings. The third kappa shape index (κ3) is 2.56. The van der Waals surface area contributed by atoms with Crippen molar-refractivity contribution in [2.24, 2.45) is 5.73 Å². The summed E-state index contributed by atoms with van der Waals surface area (Å²) in [4.78, 5) is 4.31. The van der Waals surface area contributed by atoms with Gasteiger partial charge in [-0.1, -0.05) is 24.7 Å². The molecule has 1 atom stereocenters. The Morgan fingerprint density at radius 1 is 1.40 bits per heavy atom. The summed E-state index contributed by atoms with van der Waals surface area (Å²) in [5.74, 6) is 0. The van der Waals surface area contributed by atoms with Crippen LogP contribution in [0.25, 0.3) is 0 Å². The van der Waals surface area contributed by atoms with Crippen LogP contribution in [0.2, 0.25) is 0 Å². The maximum Gasteiger partial charge on any atom is 0.0956 e. The third-order valence-corrected chi connectivity index (χ3v) is 3.99. The Hall–Kier alpha value is -0.450. The van der Waals surface area contributed by atoms with Crippen molar-refractivity contribution in [2.75, 3.05) is 13.1 Å². The average molecular weight is 240 g/mol. The molecule has 82 valence electrons. The van der Waals surface area contributed by atoms with Gasteiger partial charge in [0.2, 0.25) is 0 Å². The molecule has 0 spiro atoms. The number of hydrogen-bond acceptors (Lipinski definition) is 3. The van der Waals surface area contributed by atoms with Crippen molar-refractivity contribution in [2.45, 2.75) is 25.3 Å². The van der Waals surface area contributed by atoms with Gasteiger partial charge < -0.3 is 5.73 Å². The Balaban J connectivity index is 2.15. The van der Waals surface area contributed by atoms with Crippen molar-refractivity contribution in [1.29, 1.82) is 0 Å². The van der Waals surface area contributed by atoms with Gasteiger partial charge in [-0.2, -0.15) is 0 Å². The molecule has 0 saturated carbocycles. The highest BCUT2D eigenvalue weighted by atomic mass is 32.1. The molecule has 1 aromatic heterocycles. The monoisotopic (exact) mass is 240 g/mol. The number of thiophene rings is 1. The van der Waals surface area contributed by atoms with E-state index in [9.17, 15) is 0 Å². The van der Waals surface area contributed by atoms with E-state index in [1.807, 2.05) is 0 Å². The Bertz CT molecular complexity index is 315. The van der Waals surface area contributed by atoms with Crippen LogP contribution in [0.4, 0.5) is 0 Å². The number of piperidine rings is 1. The molecule has 4 heteroatoms. The topological polar surface area (TPSA) is 29.3 Å². The largest absolute Gasteiger partial charge is 0.392 e. The second-order valence-corrected chi connectivity index (χ2v) is 5.37. The van der Waals surface area contributed by atoms with Crippen molar-refractivity contribution < 1.29 is 0 Å². The zero-order chi connectivity index (χ0) is 10.7. The lowest BCUT2D eigenvalue weighted by Crippen LogP contribution is -2.39. The molecule has 1 saturated heterocycles. The van der Waals surface area contributed by atoms with Crippen LogP contribution in [0.5, 0.6) is 0 Å². The predicted octanol–water partition coefficient (Wildman–Crippen LogP) is 2.56. The first-order valence-corrected chi connectivity index (χ1v) is 6.64. The lowest BCUT2D eigenvalue weighted by atomic mass is 10.1. The van der Waals surface area contributed by atoms with Crippen LogP contribution in [-0.2, 0) is 0 Å². The number of nitrogens with two attached hydrogens (primary N) is 1. The normalized spacial score (nSPS) is 20.0. The van der Waals surface area contributed by atoms with E-state index >= 15 is 0 Å². The SMILES string of the molecule is NC(=S)C(c1cccs1)N1CCCCC1. The van der Waals surface area contributed by atoms with Crippen molar-refractivity contribution in [1.82, 2.24) is 4.90 Å². The number of hydrogen-bond donors (Lipinski definition) is 1. The summed E-state index contributed by atoms with van der Waals surface area (Å²) in [6, 6.07) is 4.36. The highest BCUT2D eigenvalue weighted by Crippen LogP contribution is 2.28. The van der Waals surface area contributed by atoms with Crippen LogP contribution < -0.4 is 5.73 Å². The fourth-order valence-corrected chi connectivity index (χ4v) is 3.35. The van der Waals surface area contributed by atoms with Gasteiger partial charge in [0, 0.05) is 4.88 Å². The number of rotatable bonds is 3. The Labute approximate surface area is 100 Å². The summed E-state index contributed by atoms with van der Waals surface area (Å²) in [7, 11) is 0. The number of thiocarbonyl (C=S) groups is 1. The summed E-state index contributed by atoms with van der Waals surface area (Å²) in [6.07, 6.45) is 3.87. The second-order valence-electron chi connectivity index (χ2n) is 3.92. The molecule has 15 heavy (non-hydrogen) atoms. The third-order valence-electron chi connectivity index (χ3n) is 2.84. The van der Waals surface area contributed by atoms with Crippen LogP contribution in [0.3, 0.4) is 0 Å². The molecular weight excluding hydrogens is 224 g/mol. The van der Waals surface area contributed by atoms with Crippen LogP contribution in [0.15, 0.2) is 17.5 Å². The Morgan fingerprint density at radius 2 is 2.13 bits per heavy atom. The molecular formula is C11H16N2S2. The minimum atomic E-state index is 0.167. The molecule has 2 rings (SSSR count). The molecule has 0 aliphatic carbocycles. The van der Waals surface area contributed by atoms with E-state index in [1.54, 1.807) is 11.3 Å². The van der Waals surface area contributed by atoms with Crippen LogP contribution >= 0.6 is 23.6 Å². The van der Waals surface area contributed by atoms with E-state index in [-0.39, 0.29) is 6.04 Å². The molecule has 1 unspecified atom stereocenters. The van der Waals surface area contributed by atoms with Gasteiger partial charge in [0.15, 0.2) is 0 Å². The summed E-state index contributed by atoms with van der Waals surface area (Å²) < 4.78 is 0. The molecule has 0 bridgehead atoms. The standard InChI is InChI=1S/C11H16N2S2/c12-11(14)10(9-5-4-8-15-9)13-6-2-1-3-7-13/h4-5,8,10H,1-3,6-7H2,(H2,12,14). The maximum atomic E-state index is 5.86. The van der Waals surface area contributed by atoms with E-state index in [0.717, 1.165) is 13.1 Å². The van der Waals surface area contributed by atoms with Gasteiger partial charge in [-0.25, -0.2) is 0 Å². The molecule has 0 amide bonds. The first kappa shape index (κ1) is 11.0. The second kappa shape index (κ2) is 5.05. The van der Waals surface area contributed by atoms with Gasteiger partial charge in [0.05, 0.1) is 11.0 Å². The predicted molar refractivity (Wildman–Crippen MR) is 69.3 cm³/mol. The van der Waals surface area contributed by atoms with Crippen molar-refractivity contribution in [3.63, 3.8) is 0 Å². The van der Waals surface area contributed by atoms with E-state index < -0.39 is 0 Å². The Morgan fingerprint density at radius 3 is 2.67 bits per heavy atom. The zero-order valence-electron chi connectivity index (χ0n) is 8.69. The molecule has 1 aromatic rings. The zero-order valence-corrected chi connectivity index (χ0v) is 10.3. The quantitative estimate of drug-likeness (QED) is 0.823. The van der Waals surface area contributed by atoms with E-state index in [2.05, 4.69) is 22.4 Å². The van der Waals surface area contributed by atoms with Crippen molar-refractivity contribution in [3.8, 4) is 0 Å². The van der Waals surface area contributed by atoms with Crippen molar-refractivity contribution >= 4 is 28.5 Å². The minimum absolute atomic E-state index is 0.167. The van der Waals surface area contributed by atoms with Gasteiger partial charge in [-0.05, 0) is 37.4 Å². The van der Waals surface area contributed by atoms with Crippen LogP contribution in [0.1, 0.15) is 30.2 Å². The van der Waals surface area contributed by atoms with Gasteiger partial charge in [-0.3, -0.25) is 4.90 Å². The number of likely N-dealkylation sites (tertiary alicyclic amines) is 1. The van der Waals surface area contributed by atoms with E-state index in [4.69, 9.17) is 18.0 Å². The first-order chi connectivity index (χ1) is 7.29. The fraction of sp³-hybridized carbons (Fsp3) is 0.545. The van der Waals surface area contributed by atoms with E-state index in [1.165, 1.54) is 24.1 Å². The van der Waals surface area contributed by atoms with Gasteiger partial charge >= 0.3 is 0 Å². The molecule has 2 nitrogen and oxygen atoms in total. The smallest absolute Gasteiger partial charge is 0.0956 e. The van der Waals surface area contributed by atoms with Gasteiger partial charge in [0.25, 0.3) is 0 Å². The summed E-state index contributed by atoms with van der Waals surface area (Å²) >= 11 is 6.93. The summed E-state index contributed by atoms with van der Waals surface area (Å²) in [6.45, 7) is 2.25. The maximum absolute atomic E-state index is 5.86. The molecule has 2 heterocycles. The van der Waals surface area contributed by atoms with Gasteiger partial charge in [-0.15, -0.1) is 11.3 Å². The lowest BCUT2D eigenvalue weighted by Gasteiger charge is -2.33. The summed E-state index contributed by atoms with van der Waals surface area (Å²) in [5, 5.41) is 2.09. The number of nitrogens with zero attached hydrogens (tertiary/aromatic N) is 1. The average Bonchev–Trinajstić information content (AvgIpc) is 2.72. The highest BCUT2D eigenvalue weighted by molar-refractivity contribution is 7.80. The summed E-state index contributed by atoms with van der Waals surface area (Å²) in [5.41, 5.74) is 5.86. The molecule has 1 aliphatic heterocycles. The molecule has 1 fully saturated rings. The van der Waals surface area contributed by atoms with Crippen LogP contribution in [-0.4, -0.2) is 23.0 Å². The van der Waals surface area contributed by atoms with Crippen molar-refractivity contribution in [3.05, 3.63) is 22.4 Å². The highest BCUT2D eigenvalue weighted by Gasteiger charge is 2.24. The first-order valence-electron chi connectivity index (χ1n) is 5.36. The molecule has 0 radical (unpaired) electrons. The van der Waals surface area contributed by atoms with Crippen LogP contribution in [0, 0.1) is 0 Å². The minimum Gasteiger partial charge on any atom is -0.392 e. The molecule has 2 N–H and O–H groups in total. The lowest BCUT2D eigenvalue weighted by molar-refractivity contribution is 0.205. The molecule has 0 aromatic carbocycles. The van der Waals surface area contributed by atoms with Gasteiger partial charge in [0.1, 0.15) is 0 Å². The fourth-order valence-electron chi connectivity index (χ4n) is 2.12. The van der Waals surface area contributed by atoms with E-state index in [0.29, 0.717) is 4.99 Å². The Kier molecular flexibility index (Phi) is 3.72.